The van der Waals surface area contributed by atoms with Crippen molar-refractivity contribution in [3.63, 3.8) is 0 Å². The fourth-order valence-corrected chi connectivity index (χ4v) is 2.77. The van der Waals surface area contributed by atoms with Crippen LogP contribution in [0.25, 0.3) is 0 Å². The van der Waals surface area contributed by atoms with Crippen LogP contribution in [-0.4, -0.2) is 70.5 Å². The van der Waals surface area contributed by atoms with Crippen molar-refractivity contribution in [2.75, 3.05) is 34.2 Å². The van der Waals surface area contributed by atoms with Crippen molar-refractivity contribution in [2.45, 2.75) is 31.3 Å². The quantitative estimate of drug-likeness (QED) is 0.392. The van der Waals surface area contributed by atoms with Crippen molar-refractivity contribution >= 4 is 5.91 Å². The van der Waals surface area contributed by atoms with Gasteiger partial charge in [0.1, 0.15) is 0 Å². The summed E-state index contributed by atoms with van der Waals surface area (Å²) in [6, 6.07) is 0. The zero-order valence-electron chi connectivity index (χ0n) is 13.0. The number of nitrogens with one attached hydrogen (secondary N) is 1. The third kappa shape index (κ3) is 3.58. The van der Waals surface area contributed by atoms with Crippen molar-refractivity contribution in [3.05, 3.63) is 11.9 Å². The van der Waals surface area contributed by atoms with Crippen LogP contribution in [-0.2, 0) is 6.54 Å². The van der Waals surface area contributed by atoms with Gasteiger partial charge in [0.2, 0.25) is 0 Å². The van der Waals surface area contributed by atoms with E-state index in [1.54, 1.807) is 10.9 Å². The molecule has 1 aromatic rings. The third-order valence-electron chi connectivity index (χ3n) is 4.41. The predicted octanol–water partition coefficient (Wildman–Crippen LogP) is -0.702. The Labute approximate surface area is 125 Å². The Morgan fingerprint density at radius 3 is 2.71 bits per heavy atom. The van der Waals surface area contributed by atoms with Crippen LogP contribution >= 0.6 is 0 Å². The Balaban J connectivity index is 1.82. The Kier molecular flexibility index (Phi) is 4.92. The van der Waals surface area contributed by atoms with E-state index in [0.29, 0.717) is 12.1 Å². The number of carbonyl (C=O) groups is 1. The zero-order chi connectivity index (χ0) is 15.5. The number of hydrogen-bond acceptors (Lipinski definition) is 6. The van der Waals surface area contributed by atoms with Gasteiger partial charge in [0.05, 0.1) is 12.7 Å². The van der Waals surface area contributed by atoms with E-state index < -0.39 is 5.91 Å². The van der Waals surface area contributed by atoms with E-state index in [2.05, 4.69) is 41.3 Å². The number of nitrogens with zero attached hydrogens (tertiary/aromatic N) is 5. The minimum Gasteiger partial charge on any atom is -0.303 e. The molecule has 118 valence electrons. The molecule has 1 aliphatic rings. The van der Waals surface area contributed by atoms with Crippen molar-refractivity contribution in [1.82, 2.24) is 30.2 Å². The minimum absolute atomic E-state index is 0.240. The van der Waals surface area contributed by atoms with Gasteiger partial charge >= 0.3 is 0 Å². The fourth-order valence-electron chi connectivity index (χ4n) is 2.77. The van der Waals surface area contributed by atoms with E-state index in [1.807, 2.05) is 5.43 Å². The molecule has 0 radical (unpaired) electrons. The second kappa shape index (κ2) is 6.50. The van der Waals surface area contributed by atoms with E-state index in [4.69, 9.17) is 5.84 Å². The molecule has 0 spiro atoms. The number of amides is 1. The number of nitrogen functional groups attached to an aromatic ring is 1. The lowest BCUT2D eigenvalue weighted by Gasteiger charge is -2.49. The summed E-state index contributed by atoms with van der Waals surface area (Å²) >= 11 is 0. The third-order valence-corrected chi connectivity index (χ3v) is 4.41. The summed E-state index contributed by atoms with van der Waals surface area (Å²) in [4.78, 5) is 16.0. The molecule has 1 fully saturated rings. The van der Waals surface area contributed by atoms with E-state index in [1.165, 1.54) is 19.3 Å². The van der Waals surface area contributed by atoms with Crippen molar-refractivity contribution in [2.24, 2.45) is 5.84 Å². The van der Waals surface area contributed by atoms with E-state index in [0.717, 1.165) is 13.1 Å². The summed E-state index contributed by atoms with van der Waals surface area (Å²) in [6.07, 6.45) is 5.44. The van der Waals surface area contributed by atoms with Gasteiger partial charge in [0.25, 0.3) is 5.91 Å². The molecule has 0 aliphatic heterocycles. The molecule has 0 saturated heterocycles. The number of nitrogens with two attached hydrogens (primary N) is 1. The van der Waals surface area contributed by atoms with Crippen LogP contribution in [0.3, 0.4) is 0 Å². The van der Waals surface area contributed by atoms with Crippen molar-refractivity contribution in [1.29, 1.82) is 0 Å². The van der Waals surface area contributed by atoms with Gasteiger partial charge in [-0.25, -0.2) is 5.84 Å². The number of hydrazine groups is 1. The van der Waals surface area contributed by atoms with Crippen molar-refractivity contribution < 1.29 is 4.79 Å². The molecule has 0 unspecified atom stereocenters. The van der Waals surface area contributed by atoms with Gasteiger partial charge in [0.15, 0.2) is 5.69 Å². The molecule has 8 nitrogen and oxygen atoms in total. The maximum absolute atomic E-state index is 11.3. The molecule has 0 aromatic carbocycles. The highest BCUT2D eigenvalue weighted by atomic mass is 16.2. The molecule has 1 aromatic heterocycles. The van der Waals surface area contributed by atoms with Gasteiger partial charge in [-0.2, -0.15) is 0 Å². The van der Waals surface area contributed by atoms with Gasteiger partial charge in [-0.05, 0) is 40.4 Å². The first kappa shape index (κ1) is 15.9. The average Bonchev–Trinajstić information content (AvgIpc) is 2.88. The van der Waals surface area contributed by atoms with Crippen LogP contribution in [0.5, 0.6) is 0 Å². The number of rotatable bonds is 7. The summed E-state index contributed by atoms with van der Waals surface area (Å²) < 4.78 is 1.67. The molecule has 0 bridgehead atoms. The fraction of sp³-hybridized carbons (Fsp3) is 0.769. The van der Waals surface area contributed by atoms with Crippen LogP contribution in [0, 0.1) is 0 Å². The highest BCUT2D eigenvalue weighted by Gasteiger charge is 2.39. The first-order valence-electron chi connectivity index (χ1n) is 7.24. The monoisotopic (exact) mass is 295 g/mol. The standard InChI is InChI=1S/C13H25N7O/c1-18(2)13(5-4-6-13)10-19(3)7-8-20-9-11(16-17-20)12(21)15-14/h9H,4-8,10,14H2,1-3H3,(H,15,21). The largest absolute Gasteiger partial charge is 0.303 e. The lowest BCUT2D eigenvalue weighted by Crippen LogP contribution is -2.56. The number of likely N-dealkylation sites (N-methyl/N-ethyl adjacent to an activating group) is 2. The molecule has 21 heavy (non-hydrogen) atoms. The molecule has 1 amide bonds. The molecule has 2 rings (SSSR count). The van der Waals surface area contributed by atoms with Crippen LogP contribution in [0.2, 0.25) is 0 Å². The SMILES string of the molecule is CN(CCn1cc(C(=O)NN)nn1)CC1(N(C)C)CCC1. The number of carbonyl (C=O) groups excluding carboxylic acids is 1. The molecule has 8 heteroatoms. The molecule has 1 aliphatic carbocycles. The summed E-state index contributed by atoms with van der Waals surface area (Å²) in [5.74, 6) is 4.64. The molecule has 3 N–H and O–H groups in total. The Bertz CT molecular complexity index is 481. The smallest absolute Gasteiger partial charge is 0.287 e. The van der Waals surface area contributed by atoms with E-state index >= 15 is 0 Å². The van der Waals surface area contributed by atoms with Crippen LogP contribution in [0.1, 0.15) is 29.8 Å². The minimum atomic E-state index is -0.421. The number of aromatic nitrogens is 3. The normalized spacial score (nSPS) is 17.0. The van der Waals surface area contributed by atoms with Crippen LogP contribution in [0.4, 0.5) is 0 Å². The maximum Gasteiger partial charge on any atom is 0.287 e. The van der Waals surface area contributed by atoms with Crippen molar-refractivity contribution in [3.8, 4) is 0 Å². The average molecular weight is 295 g/mol. The predicted molar refractivity (Wildman–Crippen MR) is 79.4 cm³/mol. The summed E-state index contributed by atoms with van der Waals surface area (Å²) in [5.41, 5.74) is 2.61. The first-order chi connectivity index (χ1) is 9.97. The second-order valence-corrected chi connectivity index (χ2v) is 6.05. The molecule has 0 atom stereocenters. The van der Waals surface area contributed by atoms with E-state index in [9.17, 15) is 4.79 Å². The molecule has 1 saturated carbocycles. The molecular weight excluding hydrogens is 270 g/mol. The highest BCUT2D eigenvalue weighted by Crippen LogP contribution is 2.36. The molecule has 1 heterocycles. The molecular formula is C13H25N7O. The van der Waals surface area contributed by atoms with Gasteiger partial charge in [-0.1, -0.05) is 5.21 Å². The maximum atomic E-state index is 11.3. The Morgan fingerprint density at radius 1 is 1.48 bits per heavy atom. The lowest BCUT2D eigenvalue weighted by molar-refractivity contribution is 0.0269. The van der Waals surface area contributed by atoms with Gasteiger partial charge in [0, 0.05) is 18.6 Å². The second-order valence-electron chi connectivity index (χ2n) is 6.05. The summed E-state index contributed by atoms with van der Waals surface area (Å²) in [7, 11) is 6.43. The van der Waals surface area contributed by atoms with E-state index in [-0.39, 0.29) is 5.69 Å². The van der Waals surface area contributed by atoms with Gasteiger partial charge in [-0.3, -0.25) is 14.9 Å². The lowest BCUT2D eigenvalue weighted by atomic mass is 9.75. The summed E-state index contributed by atoms with van der Waals surface area (Å²) in [5, 5.41) is 7.73. The van der Waals surface area contributed by atoms with Gasteiger partial charge < -0.3 is 9.80 Å². The van der Waals surface area contributed by atoms with Crippen LogP contribution < -0.4 is 11.3 Å². The van der Waals surface area contributed by atoms with Gasteiger partial charge in [-0.15, -0.1) is 5.10 Å². The highest BCUT2D eigenvalue weighted by molar-refractivity contribution is 5.91. The van der Waals surface area contributed by atoms with Crippen LogP contribution in [0.15, 0.2) is 6.20 Å². The first-order valence-corrected chi connectivity index (χ1v) is 7.24. The topological polar surface area (TPSA) is 92.3 Å². The Morgan fingerprint density at radius 2 is 2.19 bits per heavy atom. The Hall–Kier alpha value is -1.51. The summed E-state index contributed by atoms with van der Waals surface area (Å²) in [6.45, 7) is 2.61. The number of hydrogen-bond donors (Lipinski definition) is 2. The zero-order valence-corrected chi connectivity index (χ0v) is 13.0.